The van der Waals surface area contributed by atoms with E-state index in [4.69, 9.17) is 0 Å². The van der Waals surface area contributed by atoms with Crippen LogP contribution in [0.5, 0.6) is 0 Å². The summed E-state index contributed by atoms with van der Waals surface area (Å²) >= 11 is 0. The van der Waals surface area contributed by atoms with Gasteiger partial charge in [-0.3, -0.25) is 4.79 Å². The predicted molar refractivity (Wildman–Crippen MR) is 32.6 cm³/mol. The predicted octanol–water partition coefficient (Wildman–Crippen LogP) is -0.0943. The molecule has 1 rings (SSSR count). The van der Waals surface area contributed by atoms with Crippen LogP contribution < -0.4 is 5.32 Å². The van der Waals surface area contributed by atoms with E-state index in [0.29, 0.717) is 0 Å². The van der Waals surface area contributed by atoms with Gasteiger partial charge < -0.3 is 5.32 Å². The monoisotopic (exact) mass is 122 g/mol. The van der Waals surface area contributed by atoms with Crippen molar-refractivity contribution in [1.29, 1.82) is 0 Å². The molecule has 1 heterocycles. The van der Waals surface area contributed by atoms with Gasteiger partial charge in [-0.25, -0.2) is 0 Å². The average molecular weight is 122 g/mol. The summed E-state index contributed by atoms with van der Waals surface area (Å²) < 4.78 is 0. The third kappa shape index (κ3) is 2.70. The average Bonchev–Trinajstić information content (AvgIpc) is 1.69. The Morgan fingerprint density at radius 2 is 2.12 bits per heavy atom. The summed E-state index contributed by atoms with van der Waals surface area (Å²) in [6.07, 6.45) is 2.97. The van der Waals surface area contributed by atoms with E-state index in [0.717, 1.165) is 25.8 Å². The van der Waals surface area contributed by atoms with Crippen molar-refractivity contribution in [2.24, 2.45) is 0 Å². The van der Waals surface area contributed by atoms with Crippen LogP contribution in [0.1, 0.15) is 19.3 Å². The van der Waals surface area contributed by atoms with Crippen molar-refractivity contribution in [1.82, 2.24) is 5.32 Å². The molecule has 0 aliphatic carbocycles. The fourth-order valence-electron chi connectivity index (χ4n) is 0.727. The molecule has 1 fully saturated rings. The largest absolute Gasteiger partial charge is 0.356 e. The molecule has 1 amide bonds. The molecule has 0 aromatic heterocycles. The Labute approximate surface area is 71.3 Å². The number of piperidine rings is 1. The van der Waals surface area contributed by atoms with Gasteiger partial charge in [0.25, 0.3) is 0 Å². The summed E-state index contributed by atoms with van der Waals surface area (Å²) in [5, 5.41) is 2.74. The molecule has 0 aromatic carbocycles. The minimum Gasteiger partial charge on any atom is -0.356 e. The van der Waals surface area contributed by atoms with Crippen LogP contribution in [-0.2, 0) is 4.79 Å². The molecule has 0 atom stereocenters. The Morgan fingerprint density at radius 1 is 1.38 bits per heavy atom. The normalized spacial score (nSPS) is 18.8. The van der Waals surface area contributed by atoms with Crippen LogP contribution in [0.3, 0.4) is 0 Å². The number of carbonyl (C=O) groups is 1. The van der Waals surface area contributed by atoms with E-state index in [1.165, 1.54) is 0 Å². The number of nitrogens with one attached hydrogen (secondary N) is 1. The van der Waals surface area contributed by atoms with Crippen LogP contribution >= 0.6 is 0 Å². The number of rotatable bonds is 0. The zero-order valence-corrected chi connectivity index (χ0v) is 7.24. The molecule has 0 saturated carbocycles. The van der Waals surface area contributed by atoms with Gasteiger partial charge >= 0.3 is 0 Å². The Morgan fingerprint density at radius 3 is 2.38 bits per heavy atom. The maximum absolute atomic E-state index is 10.4. The summed E-state index contributed by atoms with van der Waals surface area (Å²) in [4.78, 5) is 10.4. The molecule has 3 heteroatoms. The first-order valence-electron chi connectivity index (χ1n) is 2.66. The molecule has 0 unspecified atom stereocenters. The van der Waals surface area contributed by atoms with Gasteiger partial charge in [-0.15, -0.1) is 0 Å². The Hall–Kier alpha value is 0.470. The van der Waals surface area contributed by atoms with Crippen molar-refractivity contribution < 1.29 is 4.79 Å². The second-order valence-electron chi connectivity index (χ2n) is 1.81. The topological polar surface area (TPSA) is 29.1 Å². The van der Waals surface area contributed by atoms with E-state index >= 15 is 0 Å². The Bertz CT molecular complexity index is 76.5. The minimum atomic E-state index is 0. The van der Waals surface area contributed by atoms with Gasteiger partial charge in [-0.2, -0.15) is 0 Å². The molecule has 1 radical (unpaired) electrons. The molecule has 0 aromatic rings. The molecule has 1 aliphatic rings. The summed E-state index contributed by atoms with van der Waals surface area (Å²) in [6, 6.07) is 0. The van der Waals surface area contributed by atoms with Crippen molar-refractivity contribution in [2.45, 2.75) is 19.3 Å². The van der Waals surface area contributed by atoms with Crippen LogP contribution in [0, 0.1) is 0 Å². The molecule has 8 heavy (non-hydrogen) atoms. The second kappa shape index (κ2) is 4.36. The number of carbonyl (C=O) groups excluding carboxylic acids is 1. The van der Waals surface area contributed by atoms with Crippen molar-refractivity contribution in [3.05, 3.63) is 0 Å². The number of hydrogen-bond donors (Lipinski definition) is 1. The molecule has 2 nitrogen and oxygen atoms in total. The number of amides is 1. The molecular formula is C5H9NNaO. The summed E-state index contributed by atoms with van der Waals surface area (Å²) in [7, 11) is 0. The summed E-state index contributed by atoms with van der Waals surface area (Å²) in [5.41, 5.74) is 0. The van der Waals surface area contributed by atoms with Crippen LogP contribution in [0.15, 0.2) is 0 Å². The van der Waals surface area contributed by atoms with E-state index in [2.05, 4.69) is 5.32 Å². The van der Waals surface area contributed by atoms with Crippen LogP contribution in [0.25, 0.3) is 0 Å². The maximum Gasteiger partial charge on any atom is 0.219 e. The van der Waals surface area contributed by atoms with Gasteiger partial charge in [0.05, 0.1) is 0 Å². The molecule has 1 aliphatic heterocycles. The zero-order chi connectivity index (χ0) is 5.11. The first-order chi connectivity index (χ1) is 3.39. The molecule has 1 saturated heterocycles. The van der Waals surface area contributed by atoms with E-state index in [9.17, 15) is 4.79 Å². The summed E-state index contributed by atoms with van der Waals surface area (Å²) in [5.74, 6) is 0.214. The standard InChI is InChI=1S/C5H9NO.Na/c7-5-3-1-2-4-6-5;/h1-4H2,(H,6,7);. The molecule has 0 spiro atoms. The van der Waals surface area contributed by atoms with Gasteiger partial charge in [-0.1, -0.05) is 0 Å². The van der Waals surface area contributed by atoms with Crippen LogP contribution in [-0.4, -0.2) is 42.0 Å². The van der Waals surface area contributed by atoms with Gasteiger partial charge in [0, 0.05) is 42.5 Å². The quantitative estimate of drug-likeness (QED) is 0.447. The van der Waals surface area contributed by atoms with E-state index in [1.807, 2.05) is 0 Å². The van der Waals surface area contributed by atoms with Crippen LogP contribution in [0.4, 0.5) is 0 Å². The van der Waals surface area contributed by atoms with E-state index in [1.54, 1.807) is 0 Å². The van der Waals surface area contributed by atoms with Crippen LogP contribution in [0.2, 0.25) is 0 Å². The fourth-order valence-corrected chi connectivity index (χ4v) is 0.727. The van der Waals surface area contributed by atoms with E-state index < -0.39 is 0 Å². The molecule has 41 valence electrons. The zero-order valence-electron chi connectivity index (χ0n) is 5.24. The molecule has 1 N–H and O–H groups in total. The van der Waals surface area contributed by atoms with Crippen molar-refractivity contribution in [2.75, 3.05) is 6.54 Å². The fraction of sp³-hybridized carbons (Fsp3) is 0.800. The Balaban J connectivity index is 0.000000490. The third-order valence-corrected chi connectivity index (χ3v) is 1.15. The second-order valence-corrected chi connectivity index (χ2v) is 1.81. The smallest absolute Gasteiger partial charge is 0.219 e. The third-order valence-electron chi connectivity index (χ3n) is 1.15. The van der Waals surface area contributed by atoms with E-state index in [-0.39, 0.29) is 35.5 Å². The first kappa shape index (κ1) is 8.47. The van der Waals surface area contributed by atoms with Gasteiger partial charge in [-0.05, 0) is 12.8 Å². The van der Waals surface area contributed by atoms with Crippen molar-refractivity contribution >= 4 is 35.5 Å². The minimum absolute atomic E-state index is 0. The van der Waals surface area contributed by atoms with Gasteiger partial charge in [0.1, 0.15) is 0 Å². The molecular weight excluding hydrogens is 113 g/mol. The first-order valence-corrected chi connectivity index (χ1v) is 2.66. The SMILES string of the molecule is O=C1CCCCN1.[Na]. The maximum atomic E-state index is 10.4. The summed E-state index contributed by atoms with van der Waals surface area (Å²) in [6.45, 7) is 0.888. The van der Waals surface area contributed by atoms with Gasteiger partial charge in [0.2, 0.25) is 5.91 Å². The van der Waals surface area contributed by atoms with Crippen molar-refractivity contribution in [3.63, 3.8) is 0 Å². The molecule has 0 bridgehead atoms. The Kier molecular flexibility index (Phi) is 4.61. The van der Waals surface area contributed by atoms with Gasteiger partial charge in [0.15, 0.2) is 0 Å². The van der Waals surface area contributed by atoms with Crippen molar-refractivity contribution in [3.8, 4) is 0 Å². The number of hydrogen-bond acceptors (Lipinski definition) is 1.